The molecule has 0 saturated heterocycles. The highest BCUT2D eigenvalue weighted by atomic mass is 16.6. The lowest BCUT2D eigenvalue weighted by Gasteiger charge is -2.29. The van der Waals surface area contributed by atoms with E-state index in [9.17, 15) is 10.1 Å². The smallest absolute Gasteiger partial charge is 0.269 e. The molecule has 2 atom stereocenters. The molecule has 0 spiro atoms. The summed E-state index contributed by atoms with van der Waals surface area (Å²) < 4.78 is 5.74. The van der Waals surface area contributed by atoms with E-state index in [4.69, 9.17) is 9.73 Å². The molecule has 0 saturated carbocycles. The summed E-state index contributed by atoms with van der Waals surface area (Å²) in [6.45, 7) is 5.33. The van der Waals surface area contributed by atoms with Crippen LogP contribution >= 0.6 is 0 Å². The van der Waals surface area contributed by atoms with Crippen molar-refractivity contribution in [2.45, 2.75) is 45.3 Å². The summed E-state index contributed by atoms with van der Waals surface area (Å²) in [4.78, 5) is 15.1. The highest BCUT2D eigenvalue weighted by Crippen LogP contribution is 2.31. The van der Waals surface area contributed by atoms with E-state index >= 15 is 0 Å². The average molecular weight is 382 g/mol. The third-order valence-electron chi connectivity index (χ3n) is 4.83. The van der Waals surface area contributed by atoms with Gasteiger partial charge in [-0.2, -0.15) is 0 Å². The van der Waals surface area contributed by atoms with Gasteiger partial charge in [-0.05, 0) is 25.0 Å². The van der Waals surface area contributed by atoms with Crippen LogP contribution in [0.25, 0.3) is 0 Å². The lowest BCUT2D eigenvalue weighted by Crippen LogP contribution is -2.44. The van der Waals surface area contributed by atoms with Crippen molar-refractivity contribution in [2.75, 3.05) is 6.61 Å². The summed E-state index contributed by atoms with van der Waals surface area (Å²) in [6.07, 6.45) is 1.83. The molecule has 28 heavy (non-hydrogen) atoms. The van der Waals surface area contributed by atoms with Crippen LogP contribution in [0.3, 0.4) is 0 Å². The zero-order valence-corrected chi connectivity index (χ0v) is 16.2. The van der Waals surface area contributed by atoms with E-state index in [1.165, 1.54) is 12.1 Å². The number of nitrogens with zero attached hydrogens (tertiary/aromatic N) is 2. The normalized spacial score (nSPS) is 17.2. The topological polar surface area (TPSA) is 88.8 Å². The van der Waals surface area contributed by atoms with Gasteiger partial charge in [-0.15, -0.1) is 0 Å². The van der Waals surface area contributed by atoms with E-state index in [1.807, 2.05) is 18.2 Å². The van der Waals surface area contributed by atoms with Crippen LogP contribution in [0.2, 0.25) is 0 Å². The Morgan fingerprint density at radius 3 is 2.75 bits per heavy atom. The fraction of sp³-hybridized carbons (Fsp3) is 0.381. The van der Waals surface area contributed by atoms with Crippen molar-refractivity contribution in [1.82, 2.24) is 10.6 Å². The number of nitrogens with one attached hydrogen (secondary N) is 2. The van der Waals surface area contributed by atoms with Gasteiger partial charge in [-0.25, -0.2) is 4.99 Å². The lowest BCUT2D eigenvalue weighted by molar-refractivity contribution is -0.384. The van der Waals surface area contributed by atoms with Crippen molar-refractivity contribution in [2.24, 2.45) is 4.99 Å². The predicted molar refractivity (Wildman–Crippen MR) is 110 cm³/mol. The lowest BCUT2D eigenvalue weighted by atomic mass is 10.0. The standard InChI is InChI=1S/C21H26N4O3/c1-3-15(2)23-21(22-14-16-8-10-17(11-9-16)25(26)27)24-19-12-13-28-20-7-5-4-6-18(19)20/h4-11,15,19H,3,12-14H2,1-2H3,(H2,22,23,24). The number of hydrogen-bond acceptors (Lipinski definition) is 4. The number of fused-ring (bicyclic) bond motifs is 1. The zero-order valence-electron chi connectivity index (χ0n) is 16.2. The van der Waals surface area contributed by atoms with E-state index < -0.39 is 4.92 Å². The van der Waals surface area contributed by atoms with Crippen LogP contribution in [-0.2, 0) is 6.54 Å². The summed E-state index contributed by atoms with van der Waals surface area (Å²) >= 11 is 0. The maximum atomic E-state index is 10.8. The first-order valence-electron chi connectivity index (χ1n) is 9.59. The highest BCUT2D eigenvalue weighted by molar-refractivity contribution is 5.80. The van der Waals surface area contributed by atoms with Gasteiger partial charge in [-0.1, -0.05) is 37.3 Å². The SMILES string of the molecule is CCC(C)NC(=NCc1ccc([N+](=O)[O-])cc1)NC1CCOc2ccccc21. The van der Waals surface area contributed by atoms with Gasteiger partial charge in [0.1, 0.15) is 5.75 Å². The summed E-state index contributed by atoms with van der Waals surface area (Å²) in [6, 6.07) is 14.9. The third-order valence-corrected chi connectivity index (χ3v) is 4.83. The molecule has 7 heteroatoms. The molecule has 1 heterocycles. The first-order chi connectivity index (χ1) is 13.6. The minimum absolute atomic E-state index is 0.0858. The van der Waals surface area contributed by atoms with Gasteiger partial charge in [-0.3, -0.25) is 10.1 Å². The molecule has 2 aromatic carbocycles. The summed E-state index contributed by atoms with van der Waals surface area (Å²) in [7, 11) is 0. The molecule has 0 aromatic heterocycles. The molecular weight excluding hydrogens is 356 g/mol. The second-order valence-electron chi connectivity index (χ2n) is 6.91. The van der Waals surface area contributed by atoms with Crippen LogP contribution in [0.1, 0.15) is 43.9 Å². The Balaban J connectivity index is 1.75. The number of rotatable bonds is 6. The number of guanidine groups is 1. The van der Waals surface area contributed by atoms with Crippen LogP contribution in [0.5, 0.6) is 5.75 Å². The van der Waals surface area contributed by atoms with Crippen LogP contribution in [0, 0.1) is 10.1 Å². The Hall–Kier alpha value is -3.09. The van der Waals surface area contributed by atoms with E-state index in [0.29, 0.717) is 13.2 Å². The Morgan fingerprint density at radius 1 is 1.29 bits per heavy atom. The van der Waals surface area contributed by atoms with Gasteiger partial charge in [0.25, 0.3) is 5.69 Å². The number of benzene rings is 2. The van der Waals surface area contributed by atoms with Gasteiger partial charge in [0.15, 0.2) is 5.96 Å². The van der Waals surface area contributed by atoms with Crippen molar-refractivity contribution in [3.63, 3.8) is 0 Å². The molecule has 0 aliphatic carbocycles. The first kappa shape index (κ1) is 19.7. The van der Waals surface area contributed by atoms with Gasteiger partial charge >= 0.3 is 0 Å². The van der Waals surface area contributed by atoms with Gasteiger partial charge in [0.05, 0.1) is 24.1 Å². The monoisotopic (exact) mass is 382 g/mol. The average Bonchev–Trinajstić information content (AvgIpc) is 2.72. The summed E-state index contributed by atoms with van der Waals surface area (Å²) in [5.74, 6) is 1.64. The van der Waals surface area contributed by atoms with Crippen molar-refractivity contribution in [1.29, 1.82) is 0 Å². The number of hydrogen-bond donors (Lipinski definition) is 2. The largest absolute Gasteiger partial charge is 0.493 e. The minimum atomic E-state index is -0.396. The Morgan fingerprint density at radius 2 is 2.04 bits per heavy atom. The molecule has 1 aliphatic rings. The van der Waals surface area contributed by atoms with E-state index in [1.54, 1.807) is 12.1 Å². The quantitative estimate of drug-likeness (QED) is 0.342. The van der Waals surface area contributed by atoms with E-state index in [2.05, 4.69) is 30.5 Å². The fourth-order valence-corrected chi connectivity index (χ4v) is 3.02. The van der Waals surface area contributed by atoms with Crippen molar-refractivity contribution in [3.05, 3.63) is 69.8 Å². The van der Waals surface area contributed by atoms with Crippen LogP contribution in [0.15, 0.2) is 53.5 Å². The molecule has 1 aliphatic heterocycles. The maximum absolute atomic E-state index is 10.8. The molecule has 2 unspecified atom stereocenters. The predicted octanol–water partition coefficient (Wildman–Crippen LogP) is 3.95. The van der Waals surface area contributed by atoms with Gasteiger partial charge in [0.2, 0.25) is 0 Å². The first-order valence-corrected chi connectivity index (χ1v) is 9.59. The van der Waals surface area contributed by atoms with Crippen LogP contribution < -0.4 is 15.4 Å². The molecule has 0 amide bonds. The van der Waals surface area contributed by atoms with Crippen LogP contribution in [-0.4, -0.2) is 23.5 Å². The number of ether oxygens (including phenoxy) is 1. The molecular formula is C21H26N4O3. The molecule has 7 nitrogen and oxygen atoms in total. The minimum Gasteiger partial charge on any atom is -0.493 e. The summed E-state index contributed by atoms with van der Waals surface area (Å²) in [5.41, 5.74) is 2.13. The molecule has 0 fully saturated rings. The van der Waals surface area contributed by atoms with Crippen molar-refractivity contribution in [3.8, 4) is 5.75 Å². The van der Waals surface area contributed by atoms with E-state index in [0.717, 1.165) is 35.7 Å². The second-order valence-corrected chi connectivity index (χ2v) is 6.91. The summed E-state index contributed by atoms with van der Waals surface area (Å²) in [5, 5.41) is 17.8. The third kappa shape index (κ3) is 5.00. The number of non-ortho nitro benzene ring substituents is 1. The highest BCUT2D eigenvalue weighted by Gasteiger charge is 2.22. The van der Waals surface area contributed by atoms with Gasteiger partial charge in [0, 0.05) is 30.2 Å². The van der Waals surface area contributed by atoms with E-state index in [-0.39, 0.29) is 17.8 Å². The van der Waals surface area contributed by atoms with Crippen molar-refractivity contribution >= 4 is 11.6 Å². The van der Waals surface area contributed by atoms with Gasteiger partial charge < -0.3 is 15.4 Å². The molecule has 0 radical (unpaired) electrons. The number of nitro groups is 1. The molecule has 3 rings (SSSR count). The number of para-hydroxylation sites is 1. The number of nitro benzene ring substituents is 1. The fourth-order valence-electron chi connectivity index (χ4n) is 3.02. The van der Waals surface area contributed by atoms with Crippen molar-refractivity contribution < 1.29 is 9.66 Å². The Labute approximate surface area is 165 Å². The molecule has 148 valence electrons. The molecule has 0 bridgehead atoms. The Kier molecular flexibility index (Phi) is 6.47. The Bertz CT molecular complexity index is 836. The maximum Gasteiger partial charge on any atom is 0.269 e. The zero-order chi connectivity index (χ0) is 19.9. The molecule has 2 aromatic rings. The molecule has 2 N–H and O–H groups in total. The number of aliphatic imine (C=N–C) groups is 1. The van der Waals surface area contributed by atoms with Crippen LogP contribution in [0.4, 0.5) is 5.69 Å². The second kappa shape index (κ2) is 9.21.